The van der Waals surface area contributed by atoms with E-state index in [-0.39, 0.29) is 5.69 Å². The van der Waals surface area contributed by atoms with Gasteiger partial charge >= 0.3 is 0 Å². The summed E-state index contributed by atoms with van der Waals surface area (Å²) in [5.74, 6) is -1.50. The van der Waals surface area contributed by atoms with Gasteiger partial charge in [-0.05, 0) is 49.7 Å². The smallest absolute Gasteiger partial charge is 0.278 e. The summed E-state index contributed by atoms with van der Waals surface area (Å²) in [4.78, 5) is 25.0. The first kappa shape index (κ1) is 16.3. The molecule has 2 amide bonds. The lowest BCUT2D eigenvalue weighted by Gasteiger charge is -2.33. The second kappa shape index (κ2) is 5.79. The third-order valence-electron chi connectivity index (χ3n) is 3.82. The number of hydrogen-bond acceptors (Lipinski definition) is 3. The SMILES string of the molecule is Cc1ccc(F)cc1NC(=O)C1(C)Oc2ccc(Cl)cc2NC1=O. The molecule has 1 unspecified atom stereocenters. The van der Waals surface area contributed by atoms with E-state index in [1.54, 1.807) is 19.1 Å². The molecule has 0 saturated carbocycles. The maximum atomic E-state index is 13.4. The molecule has 2 N–H and O–H groups in total. The average molecular weight is 349 g/mol. The molecule has 1 atom stereocenters. The van der Waals surface area contributed by atoms with Gasteiger partial charge in [0, 0.05) is 10.7 Å². The molecule has 0 fully saturated rings. The molecule has 2 aromatic rings. The molecule has 1 aliphatic heterocycles. The van der Waals surface area contributed by atoms with Crippen LogP contribution in [0.2, 0.25) is 5.02 Å². The molecule has 0 bridgehead atoms. The largest absolute Gasteiger partial charge is 0.466 e. The summed E-state index contributed by atoms with van der Waals surface area (Å²) in [6.45, 7) is 3.07. The van der Waals surface area contributed by atoms with Gasteiger partial charge in [-0.15, -0.1) is 0 Å². The number of benzene rings is 2. The van der Waals surface area contributed by atoms with Crippen LogP contribution in [0.5, 0.6) is 5.75 Å². The second-order valence-corrected chi connectivity index (χ2v) is 6.08. The maximum absolute atomic E-state index is 13.4. The van der Waals surface area contributed by atoms with Crippen LogP contribution in [0.15, 0.2) is 36.4 Å². The molecule has 0 aliphatic carbocycles. The second-order valence-electron chi connectivity index (χ2n) is 5.64. The highest BCUT2D eigenvalue weighted by Gasteiger charge is 2.47. The van der Waals surface area contributed by atoms with Crippen molar-refractivity contribution in [1.82, 2.24) is 0 Å². The highest BCUT2D eigenvalue weighted by Crippen LogP contribution is 2.36. The van der Waals surface area contributed by atoms with E-state index >= 15 is 0 Å². The highest BCUT2D eigenvalue weighted by molar-refractivity contribution is 6.31. The van der Waals surface area contributed by atoms with Gasteiger partial charge < -0.3 is 15.4 Å². The van der Waals surface area contributed by atoms with Crippen LogP contribution in [0.4, 0.5) is 15.8 Å². The van der Waals surface area contributed by atoms with Gasteiger partial charge in [-0.3, -0.25) is 9.59 Å². The van der Waals surface area contributed by atoms with Gasteiger partial charge in [-0.1, -0.05) is 17.7 Å². The molecule has 0 spiro atoms. The molecule has 7 heteroatoms. The minimum atomic E-state index is -1.79. The van der Waals surface area contributed by atoms with E-state index in [1.807, 2.05) is 0 Å². The Balaban J connectivity index is 1.90. The third-order valence-corrected chi connectivity index (χ3v) is 4.05. The fourth-order valence-corrected chi connectivity index (χ4v) is 2.49. The first-order valence-electron chi connectivity index (χ1n) is 7.17. The van der Waals surface area contributed by atoms with Crippen molar-refractivity contribution in [3.8, 4) is 5.75 Å². The Labute approximate surface area is 142 Å². The van der Waals surface area contributed by atoms with E-state index < -0.39 is 23.2 Å². The van der Waals surface area contributed by atoms with E-state index in [4.69, 9.17) is 16.3 Å². The molecule has 2 aromatic carbocycles. The first-order valence-corrected chi connectivity index (χ1v) is 7.55. The minimum Gasteiger partial charge on any atom is -0.466 e. The zero-order valence-electron chi connectivity index (χ0n) is 12.9. The molecule has 24 heavy (non-hydrogen) atoms. The summed E-state index contributed by atoms with van der Waals surface area (Å²) < 4.78 is 19.0. The Morgan fingerprint density at radius 3 is 2.79 bits per heavy atom. The van der Waals surface area contributed by atoms with Gasteiger partial charge in [0.1, 0.15) is 11.6 Å². The quantitative estimate of drug-likeness (QED) is 0.816. The summed E-state index contributed by atoms with van der Waals surface area (Å²) in [7, 11) is 0. The molecular formula is C17H14ClFN2O3. The first-order chi connectivity index (χ1) is 11.3. The van der Waals surface area contributed by atoms with Crippen molar-refractivity contribution in [1.29, 1.82) is 0 Å². The maximum Gasteiger partial charge on any atom is 0.278 e. The Morgan fingerprint density at radius 1 is 1.29 bits per heavy atom. The summed E-state index contributed by atoms with van der Waals surface area (Å²) in [6.07, 6.45) is 0. The van der Waals surface area contributed by atoms with Crippen LogP contribution < -0.4 is 15.4 Å². The third kappa shape index (κ3) is 2.80. The molecule has 3 rings (SSSR count). The summed E-state index contributed by atoms with van der Waals surface area (Å²) in [5.41, 5.74) is -0.462. The summed E-state index contributed by atoms with van der Waals surface area (Å²) >= 11 is 5.88. The summed E-state index contributed by atoms with van der Waals surface area (Å²) in [6, 6.07) is 8.69. The van der Waals surface area contributed by atoms with E-state index in [0.717, 1.165) is 0 Å². The normalized spacial score (nSPS) is 19.1. The van der Waals surface area contributed by atoms with Gasteiger partial charge in [0.05, 0.1) is 5.69 Å². The lowest BCUT2D eigenvalue weighted by Crippen LogP contribution is -2.56. The van der Waals surface area contributed by atoms with E-state index in [9.17, 15) is 14.0 Å². The number of amides is 2. The lowest BCUT2D eigenvalue weighted by atomic mass is 10.0. The van der Waals surface area contributed by atoms with Crippen LogP contribution >= 0.6 is 11.6 Å². The van der Waals surface area contributed by atoms with Gasteiger partial charge in [-0.25, -0.2) is 4.39 Å². The molecule has 1 aliphatic rings. The van der Waals surface area contributed by atoms with Crippen molar-refractivity contribution in [3.05, 3.63) is 52.8 Å². The molecule has 124 valence electrons. The molecule has 0 aromatic heterocycles. The van der Waals surface area contributed by atoms with Crippen LogP contribution in [-0.2, 0) is 9.59 Å². The average Bonchev–Trinajstić information content (AvgIpc) is 2.52. The van der Waals surface area contributed by atoms with E-state index in [0.29, 0.717) is 22.0 Å². The Morgan fingerprint density at radius 2 is 2.04 bits per heavy atom. The van der Waals surface area contributed by atoms with Crippen LogP contribution in [0, 0.1) is 12.7 Å². The van der Waals surface area contributed by atoms with E-state index in [1.165, 1.54) is 31.2 Å². The number of rotatable bonds is 2. The number of nitrogens with one attached hydrogen (secondary N) is 2. The number of halogens is 2. The molecule has 0 saturated heterocycles. The van der Waals surface area contributed by atoms with Crippen LogP contribution in [0.25, 0.3) is 0 Å². The van der Waals surface area contributed by atoms with Gasteiger partial charge in [0.25, 0.3) is 17.4 Å². The predicted octanol–water partition coefficient (Wildman–Crippen LogP) is 3.52. The van der Waals surface area contributed by atoms with Gasteiger partial charge in [-0.2, -0.15) is 0 Å². The molecular weight excluding hydrogens is 335 g/mol. The van der Waals surface area contributed by atoms with Crippen LogP contribution in [0.3, 0.4) is 0 Å². The Bertz CT molecular complexity index is 856. The van der Waals surface area contributed by atoms with Gasteiger partial charge in [0.2, 0.25) is 0 Å². The fraction of sp³-hybridized carbons (Fsp3) is 0.176. The Kier molecular flexibility index (Phi) is 3.93. The van der Waals surface area contributed by atoms with E-state index in [2.05, 4.69) is 10.6 Å². The number of ether oxygens (including phenoxy) is 1. The molecule has 0 radical (unpaired) electrons. The van der Waals surface area contributed by atoms with Crippen LogP contribution in [0.1, 0.15) is 12.5 Å². The predicted molar refractivity (Wildman–Crippen MR) is 88.9 cm³/mol. The van der Waals surface area contributed by atoms with Crippen molar-refractivity contribution < 1.29 is 18.7 Å². The van der Waals surface area contributed by atoms with Crippen molar-refractivity contribution >= 4 is 34.8 Å². The monoisotopic (exact) mass is 348 g/mol. The number of anilines is 2. The topological polar surface area (TPSA) is 67.4 Å². The van der Waals surface area contributed by atoms with Crippen LogP contribution in [-0.4, -0.2) is 17.4 Å². The van der Waals surface area contributed by atoms with Crippen molar-refractivity contribution in [2.45, 2.75) is 19.4 Å². The van der Waals surface area contributed by atoms with Crippen molar-refractivity contribution in [2.75, 3.05) is 10.6 Å². The number of hydrogen-bond donors (Lipinski definition) is 2. The van der Waals surface area contributed by atoms with Crippen molar-refractivity contribution in [3.63, 3.8) is 0 Å². The molecule has 1 heterocycles. The lowest BCUT2D eigenvalue weighted by molar-refractivity contribution is -0.143. The minimum absolute atomic E-state index is 0.277. The Hall–Kier alpha value is -2.60. The highest BCUT2D eigenvalue weighted by atomic mass is 35.5. The fourth-order valence-electron chi connectivity index (χ4n) is 2.32. The number of fused-ring (bicyclic) bond motifs is 1. The standard InChI is InChI=1S/C17H14ClFN2O3/c1-9-3-5-11(19)8-12(9)20-15(22)17(2)16(23)21-13-7-10(18)4-6-14(13)24-17/h3-8H,1-2H3,(H,20,22)(H,21,23). The number of carbonyl (C=O) groups is 2. The molecule has 5 nitrogen and oxygen atoms in total. The zero-order chi connectivity index (χ0) is 17.5. The number of aryl methyl sites for hydroxylation is 1. The number of carbonyl (C=O) groups excluding carboxylic acids is 2. The van der Waals surface area contributed by atoms with Gasteiger partial charge in [0.15, 0.2) is 0 Å². The van der Waals surface area contributed by atoms with Crippen molar-refractivity contribution in [2.24, 2.45) is 0 Å². The zero-order valence-corrected chi connectivity index (χ0v) is 13.7. The summed E-state index contributed by atoms with van der Waals surface area (Å²) in [5, 5.41) is 5.58.